The van der Waals surface area contributed by atoms with Gasteiger partial charge in [-0.15, -0.1) is 12.4 Å². The number of hydrogen-bond donors (Lipinski definition) is 0. The number of quaternary nitrogens is 1. The van der Waals surface area contributed by atoms with Gasteiger partial charge in [0, 0.05) is 6.54 Å². The lowest BCUT2D eigenvalue weighted by molar-refractivity contribution is -0.869. The van der Waals surface area contributed by atoms with E-state index in [9.17, 15) is 5.21 Å². The molecule has 7 heteroatoms. The van der Waals surface area contributed by atoms with E-state index in [0.29, 0.717) is 26.3 Å². The Bertz CT molecular complexity index is 272. The first-order chi connectivity index (χ1) is 8.98. The molecule has 6 nitrogen and oxygen atoms in total. The summed E-state index contributed by atoms with van der Waals surface area (Å²) in [7, 11) is 5.80. The monoisotopic (exact) mass is 308 g/mol. The van der Waals surface area contributed by atoms with Crippen molar-refractivity contribution in [1.29, 1.82) is 0 Å². The van der Waals surface area contributed by atoms with Crippen molar-refractivity contribution in [3.63, 3.8) is 0 Å². The van der Waals surface area contributed by atoms with Crippen molar-refractivity contribution >= 4 is 18.4 Å². The number of nitrogens with zero attached hydrogens (tertiary/aromatic N) is 4. The Kier molecular flexibility index (Phi) is 14.7. The molecule has 1 fully saturated rings. The van der Waals surface area contributed by atoms with Gasteiger partial charge >= 0.3 is 0 Å². The summed E-state index contributed by atoms with van der Waals surface area (Å²) in [5, 5.41) is 11.0. The van der Waals surface area contributed by atoms with Crippen LogP contribution < -0.4 is 0 Å². The number of likely N-dealkylation sites (N-methyl/N-ethyl adjacent to an activating group) is 1. The fourth-order valence-corrected chi connectivity index (χ4v) is 1.37. The lowest BCUT2D eigenvalue weighted by atomic mass is 10.4. The van der Waals surface area contributed by atoms with Gasteiger partial charge in [0.05, 0.1) is 32.8 Å². The summed E-state index contributed by atoms with van der Waals surface area (Å²) < 4.78 is 4.86. The Morgan fingerprint density at radius 2 is 1.85 bits per heavy atom. The number of hydroxylamine groups is 3. The van der Waals surface area contributed by atoms with E-state index >= 15 is 0 Å². The van der Waals surface area contributed by atoms with Gasteiger partial charge in [-0.3, -0.25) is 0 Å². The minimum Gasteiger partial charge on any atom is -0.633 e. The van der Waals surface area contributed by atoms with Crippen LogP contribution in [-0.2, 0) is 4.74 Å². The number of hydrogen-bond acceptors (Lipinski definition) is 5. The molecule has 0 radical (unpaired) electrons. The van der Waals surface area contributed by atoms with Gasteiger partial charge in [-0.1, -0.05) is 0 Å². The third-order valence-electron chi connectivity index (χ3n) is 2.59. The molecule has 0 aliphatic carbocycles. The number of halogens is 1. The first-order valence-corrected chi connectivity index (χ1v) is 6.84. The Morgan fingerprint density at radius 1 is 1.25 bits per heavy atom. The molecule has 1 heterocycles. The quantitative estimate of drug-likeness (QED) is 0.335. The van der Waals surface area contributed by atoms with Crippen molar-refractivity contribution < 1.29 is 9.38 Å². The lowest BCUT2D eigenvalue weighted by Crippen LogP contribution is -2.46. The zero-order valence-corrected chi connectivity index (χ0v) is 14.0. The maximum atomic E-state index is 11.0. The number of aliphatic imine (C=N–C) groups is 2. The number of morpholine rings is 1. The summed E-state index contributed by atoms with van der Waals surface area (Å²) in [6.45, 7) is 7.14. The molecule has 0 unspecified atom stereocenters. The summed E-state index contributed by atoms with van der Waals surface area (Å²) in [4.78, 5) is 9.99. The second-order valence-electron chi connectivity index (χ2n) is 4.97. The standard InChI is InChI=1S/C8H17N3.C5H11NO2.ClH/c1-4-9-8-10-6-5-7-11(2)3;1-6(7)2-4-8-5-3-6;/h4-7H2,1-3H3;2-5H2,1H3;1H. The molecule has 0 bridgehead atoms. The minimum atomic E-state index is -0.125. The summed E-state index contributed by atoms with van der Waals surface area (Å²) in [6, 6.07) is 2.64. The summed E-state index contributed by atoms with van der Waals surface area (Å²) in [6.07, 6.45) is 1.08. The van der Waals surface area contributed by atoms with Crippen LogP contribution in [0.1, 0.15) is 13.3 Å². The second kappa shape index (κ2) is 13.5. The maximum Gasteiger partial charge on any atom is 0.102 e. The van der Waals surface area contributed by atoms with E-state index in [-0.39, 0.29) is 17.1 Å². The highest BCUT2D eigenvalue weighted by molar-refractivity contribution is 5.85. The van der Waals surface area contributed by atoms with Gasteiger partial charge in [0.15, 0.2) is 0 Å². The van der Waals surface area contributed by atoms with Crippen LogP contribution in [0.25, 0.3) is 0 Å². The SMILES string of the molecule is CCN=C=NCCCN(C)C.C[N+]1([O-])CCOCC1.Cl. The maximum absolute atomic E-state index is 11.0. The highest BCUT2D eigenvalue weighted by atomic mass is 35.5. The molecule has 0 spiro atoms. The topological polar surface area (TPSA) is 60.2 Å². The first-order valence-electron chi connectivity index (χ1n) is 6.84. The fourth-order valence-electron chi connectivity index (χ4n) is 1.37. The second-order valence-corrected chi connectivity index (χ2v) is 4.97. The molecular formula is C13H29ClN4O2. The predicted molar refractivity (Wildman–Crippen MR) is 85.8 cm³/mol. The summed E-state index contributed by atoms with van der Waals surface area (Å²) in [5.41, 5.74) is 0. The Hall–Kier alpha value is -0.490. The third kappa shape index (κ3) is 15.6. The van der Waals surface area contributed by atoms with E-state index in [1.807, 2.05) is 6.92 Å². The highest BCUT2D eigenvalue weighted by Crippen LogP contribution is 2.02. The predicted octanol–water partition coefficient (Wildman–Crippen LogP) is 1.51. The molecule has 0 N–H and O–H groups in total. The molecule has 20 heavy (non-hydrogen) atoms. The van der Waals surface area contributed by atoms with Gasteiger partial charge in [0.2, 0.25) is 0 Å². The van der Waals surface area contributed by atoms with Crippen LogP contribution >= 0.6 is 12.4 Å². The van der Waals surface area contributed by atoms with Gasteiger partial charge < -0.3 is 19.5 Å². The number of ether oxygens (including phenoxy) is 1. The third-order valence-corrected chi connectivity index (χ3v) is 2.59. The average Bonchev–Trinajstić information content (AvgIpc) is 2.34. The van der Waals surface area contributed by atoms with Gasteiger partial charge in [-0.05, 0) is 34.0 Å². The molecule has 1 rings (SSSR count). The van der Waals surface area contributed by atoms with Crippen LogP contribution in [0, 0.1) is 5.21 Å². The van der Waals surface area contributed by atoms with Crippen molar-refractivity contribution in [2.75, 3.05) is 67.1 Å². The van der Waals surface area contributed by atoms with Gasteiger partial charge in [-0.2, -0.15) is 0 Å². The fraction of sp³-hybridized carbons (Fsp3) is 0.923. The Labute approximate surface area is 129 Å². The van der Waals surface area contributed by atoms with Gasteiger partial charge in [-0.25, -0.2) is 9.98 Å². The molecule has 1 aliphatic heterocycles. The molecular weight excluding hydrogens is 280 g/mol. The van der Waals surface area contributed by atoms with Gasteiger partial charge in [0.1, 0.15) is 13.1 Å². The van der Waals surface area contributed by atoms with Crippen LogP contribution in [0.3, 0.4) is 0 Å². The Balaban J connectivity index is 0. The first kappa shape index (κ1) is 21.8. The van der Waals surface area contributed by atoms with Crippen LogP contribution in [0.4, 0.5) is 0 Å². The molecule has 0 amide bonds. The molecule has 1 saturated heterocycles. The average molecular weight is 309 g/mol. The largest absolute Gasteiger partial charge is 0.633 e. The van der Waals surface area contributed by atoms with Crippen LogP contribution in [0.15, 0.2) is 9.98 Å². The van der Waals surface area contributed by atoms with Crippen molar-refractivity contribution in [2.24, 2.45) is 9.98 Å². The van der Waals surface area contributed by atoms with E-state index in [0.717, 1.165) is 26.1 Å². The molecule has 0 aromatic carbocycles. The summed E-state index contributed by atoms with van der Waals surface area (Å²) >= 11 is 0. The van der Waals surface area contributed by atoms with Crippen molar-refractivity contribution in [2.45, 2.75) is 13.3 Å². The molecule has 0 aromatic rings. The van der Waals surface area contributed by atoms with E-state index in [1.165, 1.54) is 0 Å². The van der Waals surface area contributed by atoms with Crippen molar-refractivity contribution in [3.8, 4) is 0 Å². The lowest BCUT2D eigenvalue weighted by Gasteiger charge is -2.41. The molecule has 0 aromatic heterocycles. The van der Waals surface area contributed by atoms with Gasteiger partial charge in [0.25, 0.3) is 0 Å². The molecule has 0 atom stereocenters. The normalized spacial score (nSPS) is 16.3. The minimum absolute atomic E-state index is 0. The van der Waals surface area contributed by atoms with Crippen LogP contribution in [-0.4, -0.2) is 82.6 Å². The van der Waals surface area contributed by atoms with Crippen molar-refractivity contribution in [3.05, 3.63) is 5.21 Å². The highest BCUT2D eigenvalue weighted by Gasteiger charge is 2.13. The molecule has 1 aliphatic rings. The van der Waals surface area contributed by atoms with E-state index in [4.69, 9.17) is 4.74 Å². The zero-order valence-electron chi connectivity index (χ0n) is 13.2. The van der Waals surface area contributed by atoms with Crippen LogP contribution in [0.5, 0.6) is 0 Å². The van der Waals surface area contributed by atoms with Crippen molar-refractivity contribution in [1.82, 2.24) is 4.90 Å². The van der Waals surface area contributed by atoms with Crippen LogP contribution in [0.2, 0.25) is 0 Å². The van der Waals surface area contributed by atoms with E-state index in [2.05, 4.69) is 35.0 Å². The van der Waals surface area contributed by atoms with E-state index < -0.39 is 0 Å². The molecule has 0 saturated carbocycles. The zero-order chi connectivity index (χ0) is 14.6. The number of rotatable bonds is 5. The smallest absolute Gasteiger partial charge is 0.102 e. The summed E-state index contributed by atoms with van der Waals surface area (Å²) in [5.74, 6) is 0. The Morgan fingerprint density at radius 3 is 2.25 bits per heavy atom. The van der Waals surface area contributed by atoms with E-state index in [1.54, 1.807) is 7.05 Å². The molecule has 120 valence electrons.